The molecular formula is C49H91NO13. The van der Waals surface area contributed by atoms with Gasteiger partial charge >= 0.3 is 0 Å². The Morgan fingerprint density at radius 3 is 1.56 bits per heavy atom. The second-order valence-corrected chi connectivity index (χ2v) is 17.9. The standard InChI is InChI=1S/C49H91NO13/c1-3-5-7-9-10-11-12-13-14-15-16-17-18-19-20-21-22-23-24-25-26-27-29-30-32-38(53)37(50-41(54)33-31-28-8-6-4-2)36-60-48-46(59)44(57)47(40(35-52)62-48)63-49-45(58)43(56)42(55)39(34-51)61-49/h25-26,30,32,37-40,42-49,51-53,55-59H,3-24,27-29,31,33-36H2,1-2H3,(H,50,54)/b26-25+,32-30+. The van der Waals surface area contributed by atoms with E-state index in [-0.39, 0.29) is 18.9 Å². The van der Waals surface area contributed by atoms with Gasteiger partial charge in [0.25, 0.3) is 0 Å². The molecule has 12 atom stereocenters. The summed E-state index contributed by atoms with van der Waals surface area (Å²) in [5.41, 5.74) is 0. The van der Waals surface area contributed by atoms with Crippen molar-refractivity contribution in [2.45, 2.75) is 261 Å². The third-order valence-corrected chi connectivity index (χ3v) is 12.4. The summed E-state index contributed by atoms with van der Waals surface area (Å²) in [5, 5.41) is 86.2. The molecule has 0 spiro atoms. The van der Waals surface area contributed by atoms with Crippen molar-refractivity contribution in [1.29, 1.82) is 0 Å². The van der Waals surface area contributed by atoms with Crippen LogP contribution in [-0.4, -0.2) is 140 Å². The molecule has 12 unspecified atom stereocenters. The molecule has 14 heteroatoms. The highest BCUT2D eigenvalue weighted by atomic mass is 16.7. The minimum atomic E-state index is -1.79. The first-order valence-electron chi connectivity index (χ1n) is 25.1. The lowest BCUT2D eigenvalue weighted by atomic mass is 9.97. The van der Waals surface area contributed by atoms with Gasteiger partial charge in [-0.25, -0.2) is 0 Å². The van der Waals surface area contributed by atoms with Gasteiger partial charge in [0.15, 0.2) is 12.6 Å². The summed E-state index contributed by atoms with van der Waals surface area (Å²) in [6, 6.07) is -0.923. The van der Waals surface area contributed by atoms with Crippen LogP contribution in [0.5, 0.6) is 0 Å². The van der Waals surface area contributed by atoms with E-state index in [0.717, 1.165) is 38.5 Å². The number of aliphatic hydroxyl groups is 8. The second kappa shape index (κ2) is 36.6. The van der Waals surface area contributed by atoms with Gasteiger partial charge in [0.1, 0.15) is 48.8 Å². The number of unbranched alkanes of at least 4 members (excludes halogenated alkanes) is 23. The Morgan fingerprint density at radius 2 is 1.02 bits per heavy atom. The van der Waals surface area contributed by atoms with Gasteiger partial charge in [0.2, 0.25) is 5.91 Å². The van der Waals surface area contributed by atoms with Crippen molar-refractivity contribution in [3.05, 3.63) is 24.3 Å². The predicted octanol–water partition coefficient (Wildman–Crippen LogP) is 6.16. The number of hydrogen-bond acceptors (Lipinski definition) is 13. The summed E-state index contributed by atoms with van der Waals surface area (Å²) >= 11 is 0. The number of rotatable bonds is 38. The first-order valence-corrected chi connectivity index (χ1v) is 25.1. The van der Waals surface area contributed by atoms with Gasteiger partial charge in [0.05, 0.1) is 32.0 Å². The Balaban J connectivity index is 1.73. The fraction of sp³-hybridized carbons (Fsp3) is 0.898. The minimum Gasteiger partial charge on any atom is -0.394 e. The van der Waals surface area contributed by atoms with Crippen LogP contribution < -0.4 is 5.32 Å². The number of amides is 1. The molecule has 1 amide bonds. The van der Waals surface area contributed by atoms with Gasteiger partial charge in [-0.15, -0.1) is 0 Å². The Hall–Kier alpha value is -1.53. The van der Waals surface area contributed by atoms with Crippen molar-refractivity contribution in [2.75, 3.05) is 19.8 Å². The van der Waals surface area contributed by atoms with Crippen molar-refractivity contribution in [3.8, 4) is 0 Å². The minimum absolute atomic E-state index is 0.263. The van der Waals surface area contributed by atoms with Crippen LogP contribution in [0.3, 0.4) is 0 Å². The van der Waals surface area contributed by atoms with E-state index in [4.69, 9.17) is 18.9 Å². The van der Waals surface area contributed by atoms with E-state index in [1.54, 1.807) is 6.08 Å². The molecule has 0 aliphatic carbocycles. The number of carbonyl (C=O) groups excluding carboxylic acids is 1. The molecule has 0 aromatic rings. The average molecular weight is 902 g/mol. The summed E-state index contributed by atoms with van der Waals surface area (Å²) in [6.07, 6.45) is 23.0. The number of hydrogen-bond donors (Lipinski definition) is 9. The molecule has 0 bridgehead atoms. The van der Waals surface area contributed by atoms with Crippen LogP contribution in [-0.2, 0) is 23.7 Å². The highest BCUT2D eigenvalue weighted by molar-refractivity contribution is 5.76. The van der Waals surface area contributed by atoms with Crippen LogP contribution in [0.15, 0.2) is 24.3 Å². The van der Waals surface area contributed by atoms with E-state index in [1.807, 2.05) is 6.08 Å². The molecule has 0 saturated carbocycles. The maximum absolute atomic E-state index is 12.9. The van der Waals surface area contributed by atoms with E-state index >= 15 is 0 Å². The zero-order chi connectivity index (χ0) is 46.1. The molecule has 9 N–H and O–H groups in total. The zero-order valence-electron chi connectivity index (χ0n) is 39.1. The Morgan fingerprint density at radius 1 is 0.556 bits per heavy atom. The van der Waals surface area contributed by atoms with Crippen molar-refractivity contribution in [3.63, 3.8) is 0 Å². The number of allylic oxidation sites excluding steroid dienone is 3. The van der Waals surface area contributed by atoms with Crippen LogP contribution >= 0.6 is 0 Å². The summed E-state index contributed by atoms with van der Waals surface area (Å²) in [4.78, 5) is 12.9. The third kappa shape index (κ3) is 24.2. The molecule has 370 valence electrons. The zero-order valence-corrected chi connectivity index (χ0v) is 39.1. The molecule has 0 aromatic carbocycles. The first-order chi connectivity index (χ1) is 30.6. The van der Waals surface area contributed by atoms with Crippen molar-refractivity contribution in [2.24, 2.45) is 0 Å². The molecule has 2 rings (SSSR count). The average Bonchev–Trinajstić information content (AvgIpc) is 3.28. The molecule has 2 aliphatic rings. The summed E-state index contributed by atoms with van der Waals surface area (Å²) in [5.74, 6) is -0.263. The van der Waals surface area contributed by atoms with E-state index in [2.05, 4.69) is 31.3 Å². The van der Waals surface area contributed by atoms with E-state index < -0.39 is 86.8 Å². The van der Waals surface area contributed by atoms with Crippen molar-refractivity contribution in [1.82, 2.24) is 5.32 Å². The summed E-state index contributed by atoms with van der Waals surface area (Å²) in [7, 11) is 0. The highest BCUT2D eigenvalue weighted by Gasteiger charge is 2.51. The van der Waals surface area contributed by atoms with Crippen LogP contribution in [0, 0.1) is 0 Å². The van der Waals surface area contributed by atoms with Gasteiger partial charge in [-0.1, -0.05) is 173 Å². The van der Waals surface area contributed by atoms with Crippen LogP contribution in [0.1, 0.15) is 187 Å². The molecule has 0 aromatic heterocycles. The molecular weight excluding hydrogens is 811 g/mol. The van der Waals surface area contributed by atoms with E-state index in [1.165, 1.54) is 116 Å². The summed E-state index contributed by atoms with van der Waals surface area (Å²) in [6.45, 7) is 2.66. The smallest absolute Gasteiger partial charge is 0.220 e. The second-order valence-electron chi connectivity index (χ2n) is 17.9. The normalized spacial score (nSPS) is 27.7. The van der Waals surface area contributed by atoms with Crippen molar-refractivity contribution < 1.29 is 64.6 Å². The fourth-order valence-electron chi connectivity index (χ4n) is 8.25. The number of aliphatic hydroxyl groups excluding tert-OH is 8. The van der Waals surface area contributed by atoms with E-state index in [0.29, 0.717) is 12.8 Å². The Labute approximate surface area is 379 Å². The lowest BCUT2D eigenvalue weighted by molar-refractivity contribution is -0.359. The Kier molecular flexibility index (Phi) is 33.4. The number of ether oxygens (including phenoxy) is 4. The quantitative estimate of drug-likeness (QED) is 0.0250. The van der Waals surface area contributed by atoms with Gasteiger partial charge in [0, 0.05) is 6.42 Å². The monoisotopic (exact) mass is 902 g/mol. The van der Waals surface area contributed by atoms with Crippen LogP contribution in [0.25, 0.3) is 0 Å². The number of carbonyl (C=O) groups is 1. The fourth-order valence-corrected chi connectivity index (χ4v) is 8.25. The molecule has 0 radical (unpaired) electrons. The lowest BCUT2D eigenvalue weighted by Crippen LogP contribution is -2.65. The first kappa shape index (κ1) is 57.6. The predicted molar refractivity (Wildman–Crippen MR) is 245 cm³/mol. The van der Waals surface area contributed by atoms with Crippen LogP contribution in [0.4, 0.5) is 0 Å². The number of nitrogens with one attached hydrogen (secondary N) is 1. The van der Waals surface area contributed by atoms with E-state index in [9.17, 15) is 45.6 Å². The van der Waals surface area contributed by atoms with Crippen molar-refractivity contribution >= 4 is 5.91 Å². The molecule has 14 nitrogen and oxygen atoms in total. The molecule has 63 heavy (non-hydrogen) atoms. The molecule has 2 fully saturated rings. The Bertz CT molecular complexity index is 1160. The maximum atomic E-state index is 12.9. The van der Waals surface area contributed by atoms with Gasteiger partial charge in [-0.05, 0) is 32.1 Å². The van der Waals surface area contributed by atoms with Gasteiger partial charge in [-0.2, -0.15) is 0 Å². The van der Waals surface area contributed by atoms with Gasteiger partial charge in [-0.3, -0.25) is 4.79 Å². The topological polar surface area (TPSA) is 228 Å². The SMILES string of the molecule is CCCCCCCCCCCCCCCCCCCC/C=C/CC/C=C/C(O)C(COC1OC(CO)C(OC2OC(CO)C(O)C(O)C2O)C(O)C1O)NC(=O)CCCCCCC. The molecule has 2 aliphatic heterocycles. The highest BCUT2D eigenvalue weighted by Crippen LogP contribution is 2.30. The summed E-state index contributed by atoms with van der Waals surface area (Å²) < 4.78 is 22.5. The largest absolute Gasteiger partial charge is 0.394 e. The van der Waals surface area contributed by atoms with Crippen LogP contribution in [0.2, 0.25) is 0 Å². The lowest BCUT2D eigenvalue weighted by Gasteiger charge is -2.46. The molecule has 2 saturated heterocycles. The maximum Gasteiger partial charge on any atom is 0.220 e. The van der Waals surface area contributed by atoms with Gasteiger partial charge < -0.3 is 65.1 Å². The molecule has 2 heterocycles. The third-order valence-electron chi connectivity index (χ3n) is 12.4.